The number of hydrogen-bond acceptors (Lipinski definition) is 3. The zero-order valence-electron chi connectivity index (χ0n) is 9.48. The number of aromatic nitrogens is 1. The summed E-state index contributed by atoms with van der Waals surface area (Å²) in [4.78, 5) is 15.7. The van der Waals surface area contributed by atoms with Crippen LogP contribution in [0.3, 0.4) is 0 Å². The first-order valence-electron chi connectivity index (χ1n) is 5.67. The fourth-order valence-electron chi connectivity index (χ4n) is 1.73. The van der Waals surface area contributed by atoms with Crippen molar-refractivity contribution in [3.05, 3.63) is 18.3 Å². The molecule has 1 atom stereocenters. The Balaban J connectivity index is 1.94. The molecule has 17 heavy (non-hydrogen) atoms. The summed E-state index contributed by atoms with van der Waals surface area (Å²) in [6, 6.07) is 3.59. The number of nitrogens with one attached hydrogen (secondary N) is 1. The van der Waals surface area contributed by atoms with Gasteiger partial charge in [0.05, 0.1) is 0 Å². The van der Waals surface area contributed by atoms with Gasteiger partial charge in [0, 0.05) is 12.6 Å². The monoisotopic (exact) mass is 230 g/mol. The molecule has 1 aliphatic rings. The summed E-state index contributed by atoms with van der Waals surface area (Å²) in [7, 11) is 0. The van der Waals surface area contributed by atoms with Crippen LogP contribution in [-0.2, 0) is 4.79 Å². The summed E-state index contributed by atoms with van der Waals surface area (Å²) < 4.78 is 5.60. The quantitative estimate of drug-likeness (QED) is 0.635. The Hall–Kier alpha value is -2.02. The number of nitrogens with zero attached hydrogens (tertiary/aromatic N) is 1. The molecule has 0 saturated heterocycles. The van der Waals surface area contributed by atoms with Gasteiger partial charge in [-0.15, -0.1) is 12.3 Å². The molecule has 0 aliphatic carbocycles. The van der Waals surface area contributed by atoms with E-state index in [0.717, 1.165) is 19.3 Å². The normalized spacial score (nSPS) is 17.6. The highest BCUT2D eigenvalue weighted by Gasteiger charge is 2.27. The minimum absolute atomic E-state index is 0.128. The van der Waals surface area contributed by atoms with Crippen LogP contribution in [0.1, 0.15) is 25.7 Å². The largest absolute Gasteiger partial charge is 0.477 e. The van der Waals surface area contributed by atoms with Crippen molar-refractivity contribution >= 4 is 11.7 Å². The van der Waals surface area contributed by atoms with Crippen LogP contribution in [-0.4, -0.2) is 17.0 Å². The lowest BCUT2D eigenvalue weighted by atomic mass is 10.1. The second-order valence-electron chi connectivity index (χ2n) is 3.90. The molecule has 4 nitrogen and oxygen atoms in total. The van der Waals surface area contributed by atoms with E-state index >= 15 is 0 Å². The molecular weight excluding hydrogens is 216 g/mol. The minimum atomic E-state index is -0.426. The topological polar surface area (TPSA) is 51.2 Å². The number of unbranched alkanes of at least 4 members (excludes halogenated alkanes) is 2. The third kappa shape index (κ3) is 2.76. The van der Waals surface area contributed by atoms with E-state index in [-0.39, 0.29) is 5.91 Å². The average molecular weight is 230 g/mol. The Morgan fingerprint density at radius 2 is 2.41 bits per heavy atom. The fraction of sp³-hybridized carbons (Fsp3) is 0.385. The summed E-state index contributed by atoms with van der Waals surface area (Å²) >= 11 is 0. The molecule has 2 heterocycles. The van der Waals surface area contributed by atoms with E-state index in [0.29, 0.717) is 18.0 Å². The smallest absolute Gasteiger partial charge is 0.266 e. The highest BCUT2D eigenvalue weighted by Crippen LogP contribution is 2.27. The van der Waals surface area contributed by atoms with Crippen LogP contribution in [0.4, 0.5) is 5.82 Å². The predicted octanol–water partition coefficient (Wildman–Crippen LogP) is 1.97. The lowest BCUT2D eigenvalue weighted by molar-refractivity contribution is -0.123. The Morgan fingerprint density at radius 1 is 1.53 bits per heavy atom. The highest BCUT2D eigenvalue weighted by molar-refractivity contribution is 5.96. The highest BCUT2D eigenvalue weighted by atomic mass is 16.5. The third-order valence-electron chi connectivity index (χ3n) is 2.61. The third-order valence-corrected chi connectivity index (χ3v) is 2.61. The molecule has 4 heteroatoms. The number of amides is 1. The zero-order chi connectivity index (χ0) is 12.1. The van der Waals surface area contributed by atoms with Gasteiger partial charge in [-0.3, -0.25) is 4.79 Å². The number of pyridine rings is 1. The van der Waals surface area contributed by atoms with Crippen LogP contribution in [0.2, 0.25) is 0 Å². The van der Waals surface area contributed by atoms with Gasteiger partial charge in [0.25, 0.3) is 5.91 Å². The van der Waals surface area contributed by atoms with Crippen molar-refractivity contribution in [1.82, 2.24) is 4.98 Å². The van der Waals surface area contributed by atoms with Gasteiger partial charge in [-0.25, -0.2) is 4.98 Å². The van der Waals surface area contributed by atoms with Gasteiger partial charge >= 0.3 is 0 Å². The first-order chi connectivity index (χ1) is 8.31. The number of fused-ring (bicyclic) bond motifs is 1. The van der Waals surface area contributed by atoms with E-state index < -0.39 is 6.10 Å². The molecule has 1 aromatic heterocycles. The molecule has 1 aliphatic heterocycles. The Bertz CT molecular complexity index is 451. The van der Waals surface area contributed by atoms with E-state index in [2.05, 4.69) is 16.2 Å². The molecule has 1 amide bonds. The van der Waals surface area contributed by atoms with Crippen LogP contribution in [0.5, 0.6) is 5.75 Å². The number of terminal acetylenes is 1. The molecule has 88 valence electrons. The van der Waals surface area contributed by atoms with Crippen molar-refractivity contribution in [2.45, 2.75) is 31.8 Å². The lowest BCUT2D eigenvalue weighted by Gasteiger charge is -2.24. The first-order valence-corrected chi connectivity index (χ1v) is 5.67. The molecule has 0 fully saturated rings. The summed E-state index contributed by atoms with van der Waals surface area (Å²) in [6.07, 6.45) is 9.60. The number of rotatable bonds is 4. The van der Waals surface area contributed by atoms with Crippen molar-refractivity contribution < 1.29 is 9.53 Å². The summed E-state index contributed by atoms with van der Waals surface area (Å²) in [6.45, 7) is 0. The molecule has 0 radical (unpaired) electrons. The number of hydrogen-bond donors (Lipinski definition) is 1. The molecular formula is C13H14N2O2. The SMILES string of the molecule is C#CCCCCC1Oc2cccnc2NC1=O. The maximum absolute atomic E-state index is 11.7. The molecule has 1 N–H and O–H groups in total. The average Bonchev–Trinajstić information content (AvgIpc) is 2.35. The van der Waals surface area contributed by atoms with Crippen molar-refractivity contribution in [3.63, 3.8) is 0 Å². The van der Waals surface area contributed by atoms with Gasteiger partial charge in [-0.05, 0) is 31.4 Å². The zero-order valence-corrected chi connectivity index (χ0v) is 9.48. The maximum Gasteiger partial charge on any atom is 0.266 e. The van der Waals surface area contributed by atoms with E-state index in [9.17, 15) is 4.79 Å². The second-order valence-corrected chi connectivity index (χ2v) is 3.90. The van der Waals surface area contributed by atoms with E-state index in [1.807, 2.05) is 0 Å². The van der Waals surface area contributed by atoms with Gasteiger partial charge in [-0.2, -0.15) is 0 Å². The van der Waals surface area contributed by atoms with Crippen molar-refractivity contribution in [3.8, 4) is 18.1 Å². The number of carbonyl (C=O) groups excluding carboxylic acids is 1. The van der Waals surface area contributed by atoms with Crippen molar-refractivity contribution in [2.24, 2.45) is 0 Å². The molecule has 0 aromatic carbocycles. The Labute approximate surface area is 100 Å². The second kappa shape index (κ2) is 5.35. The van der Waals surface area contributed by atoms with Crippen LogP contribution < -0.4 is 10.1 Å². The lowest BCUT2D eigenvalue weighted by Crippen LogP contribution is -2.37. The standard InChI is InChI=1S/C13H14N2O2/c1-2-3-4-5-7-11-13(16)15-12-10(17-11)8-6-9-14-12/h1,6,8-9,11H,3-5,7H2,(H,14,15,16). The van der Waals surface area contributed by atoms with E-state index in [1.165, 1.54) is 0 Å². The van der Waals surface area contributed by atoms with Crippen LogP contribution >= 0.6 is 0 Å². The molecule has 0 bridgehead atoms. The molecule has 0 spiro atoms. The summed E-state index contributed by atoms with van der Waals surface area (Å²) in [5.41, 5.74) is 0. The van der Waals surface area contributed by atoms with E-state index in [4.69, 9.17) is 11.2 Å². The number of anilines is 1. The van der Waals surface area contributed by atoms with Crippen LogP contribution in [0, 0.1) is 12.3 Å². The van der Waals surface area contributed by atoms with E-state index in [1.54, 1.807) is 18.3 Å². The first kappa shape index (κ1) is 11.5. The van der Waals surface area contributed by atoms with Gasteiger partial charge < -0.3 is 10.1 Å². The summed E-state index contributed by atoms with van der Waals surface area (Å²) in [5.74, 6) is 3.58. The minimum Gasteiger partial charge on any atom is -0.477 e. The van der Waals surface area contributed by atoms with Crippen LogP contribution in [0.15, 0.2) is 18.3 Å². The molecule has 1 aromatic rings. The number of ether oxygens (including phenoxy) is 1. The fourth-order valence-corrected chi connectivity index (χ4v) is 1.73. The maximum atomic E-state index is 11.7. The van der Waals surface area contributed by atoms with Crippen molar-refractivity contribution in [2.75, 3.05) is 5.32 Å². The van der Waals surface area contributed by atoms with Gasteiger partial charge in [-0.1, -0.05) is 0 Å². The van der Waals surface area contributed by atoms with Gasteiger partial charge in [0.2, 0.25) is 0 Å². The van der Waals surface area contributed by atoms with Gasteiger partial charge in [0.1, 0.15) is 0 Å². The molecule has 1 unspecified atom stereocenters. The number of carbonyl (C=O) groups is 1. The van der Waals surface area contributed by atoms with Crippen LogP contribution in [0.25, 0.3) is 0 Å². The molecule has 0 saturated carbocycles. The predicted molar refractivity (Wildman–Crippen MR) is 64.6 cm³/mol. The Morgan fingerprint density at radius 3 is 3.24 bits per heavy atom. The summed E-state index contributed by atoms with van der Waals surface area (Å²) in [5, 5.41) is 2.74. The van der Waals surface area contributed by atoms with Gasteiger partial charge in [0.15, 0.2) is 17.7 Å². The Kier molecular flexibility index (Phi) is 3.61. The molecule has 2 rings (SSSR count). The van der Waals surface area contributed by atoms with Crippen molar-refractivity contribution in [1.29, 1.82) is 0 Å².